The summed E-state index contributed by atoms with van der Waals surface area (Å²) in [5.41, 5.74) is 1.36. The number of amides is 1. The van der Waals surface area contributed by atoms with E-state index < -0.39 is 0 Å². The van der Waals surface area contributed by atoms with E-state index in [0.717, 1.165) is 37.5 Å². The van der Waals surface area contributed by atoms with Gasteiger partial charge in [-0.05, 0) is 51.8 Å². The minimum Gasteiger partial charge on any atom is -0.379 e. The minimum absolute atomic E-state index is 0. The molecule has 1 amide bonds. The summed E-state index contributed by atoms with van der Waals surface area (Å²) in [7, 11) is 0. The van der Waals surface area contributed by atoms with Gasteiger partial charge in [0.15, 0.2) is 5.96 Å². The Bertz CT molecular complexity index is 648. The number of benzene rings is 1. The van der Waals surface area contributed by atoms with E-state index in [0.29, 0.717) is 38.5 Å². The molecule has 31 heavy (non-hydrogen) atoms. The summed E-state index contributed by atoms with van der Waals surface area (Å²) in [5.74, 6) is 0.652. The molecule has 0 saturated carbocycles. The molecule has 0 saturated heterocycles. The second kappa shape index (κ2) is 17.2. The van der Waals surface area contributed by atoms with E-state index in [9.17, 15) is 4.79 Å². The van der Waals surface area contributed by atoms with Crippen LogP contribution in [0.4, 0.5) is 0 Å². The molecular formula is C23H41IN4O3. The van der Waals surface area contributed by atoms with Crippen LogP contribution in [-0.2, 0) is 16.0 Å². The summed E-state index contributed by atoms with van der Waals surface area (Å²) in [5, 5.41) is 9.47. The standard InChI is InChI=1S/C23H40N4O3.HI/c1-6-8-13-29-15-16-30-14-12-25-22(24-7-2)26-18-19-10-9-11-20(17-19)21(28)27-23(3,4)5;/h9-11,17H,6-8,12-16,18H2,1-5H3,(H,27,28)(H2,24,25,26);1H. The van der Waals surface area contributed by atoms with Crippen molar-refractivity contribution in [2.45, 2.75) is 59.5 Å². The highest BCUT2D eigenvalue weighted by molar-refractivity contribution is 14.0. The molecule has 0 aliphatic carbocycles. The van der Waals surface area contributed by atoms with E-state index >= 15 is 0 Å². The first-order chi connectivity index (χ1) is 14.4. The van der Waals surface area contributed by atoms with E-state index in [2.05, 4.69) is 27.9 Å². The smallest absolute Gasteiger partial charge is 0.251 e. The molecule has 0 unspecified atom stereocenters. The van der Waals surface area contributed by atoms with Gasteiger partial charge in [0, 0.05) is 30.8 Å². The van der Waals surface area contributed by atoms with Crippen molar-refractivity contribution in [3.63, 3.8) is 0 Å². The van der Waals surface area contributed by atoms with Gasteiger partial charge in [-0.15, -0.1) is 24.0 Å². The van der Waals surface area contributed by atoms with Crippen molar-refractivity contribution in [1.29, 1.82) is 0 Å². The third-order valence-corrected chi connectivity index (χ3v) is 3.99. The number of halogens is 1. The molecule has 0 aliphatic heterocycles. The predicted molar refractivity (Wildman–Crippen MR) is 138 cm³/mol. The number of unbranched alkanes of at least 4 members (excludes halogenated alkanes) is 1. The Morgan fingerprint density at radius 1 is 1.03 bits per heavy atom. The zero-order valence-electron chi connectivity index (χ0n) is 19.8. The Hall–Kier alpha value is -1.39. The SMILES string of the molecule is CCCCOCCOCCNC(=NCc1cccc(C(=O)NC(C)(C)C)c1)NCC.I. The van der Waals surface area contributed by atoms with Crippen molar-refractivity contribution in [1.82, 2.24) is 16.0 Å². The number of aliphatic imine (C=N–C) groups is 1. The van der Waals surface area contributed by atoms with E-state index in [1.165, 1.54) is 0 Å². The Labute approximate surface area is 205 Å². The third-order valence-electron chi connectivity index (χ3n) is 3.99. The van der Waals surface area contributed by atoms with Crippen LogP contribution in [0.3, 0.4) is 0 Å². The summed E-state index contributed by atoms with van der Waals surface area (Å²) >= 11 is 0. The predicted octanol–water partition coefficient (Wildman–Crippen LogP) is 3.72. The average molecular weight is 549 g/mol. The highest BCUT2D eigenvalue weighted by atomic mass is 127. The van der Waals surface area contributed by atoms with Crippen LogP contribution in [0.15, 0.2) is 29.3 Å². The lowest BCUT2D eigenvalue weighted by molar-refractivity contribution is 0.0487. The third kappa shape index (κ3) is 15.1. The lowest BCUT2D eigenvalue weighted by Gasteiger charge is -2.20. The van der Waals surface area contributed by atoms with Gasteiger partial charge in [0.1, 0.15) is 0 Å². The van der Waals surface area contributed by atoms with Crippen molar-refractivity contribution in [3.8, 4) is 0 Å². The van der Waals surface area contributed by atoms with Gasteiger partial charge < -0.3 is 25.4 Å². The fraction of sp³-hybridized carbons (Fsp3) is 0.652. The van der Waals surface area contributed by atoms with Gasteiger partial charge in [-0.1, -0.05) is 25.5 Å². The Kier molecular flexibility index (Phi) is 16.4. The first kappa shape index (κ1) is 29.6. The maximum Gasteiger partial charge on any atom is 0.251 e. The van der Waals surface area contributed by atoms with Gasteiger partial charge in [-0.2, -0.15) is 0 Å². The molecule has 0 aliphatic rings. The van der Waals surface area contributed by atoms with Gasteiger partial charge >= 0.3 is 0 Å². The Balaban J connectivity index is 0.00000900. The van der Waals surface area contributed by atoms with Crippen molar-refractivity contribution in [2.24, 2.45) is 4.99 Å². The summed E-state index contributed by atoms with van der Waals surface area (Å²) in [6.45, 7) is 14.6. The lowest BCUT2D eigenvalue weighted by Crippen LogP contribution is -2.40. The number of ether oxygens (including phenoxy) is 2. The molecule has 0 fully saturated rings. The molecule has 8 heteroatoms. The fourth-order valence-electron chi connectivity index (χ4n) is 2.55. The second-order valence-corrected chi connectivity index (χ2v) is 8.10. The monoisotopic (exact) mass is 548 g/mol. The molecule has 178 valence electrons. The van der Waals surface area contributed by atoms with Crippen molar-refractivity contribution in [2.75, 3.05) is 39.5 Å². The van der Waals surface area contributed by atoms with Crippen LogP contribution in [0.25, 0.3) is 0 Å². The van der Waals surface area contributed by atoms with Crippen LogP contribution in [0, 0.1) is 0 Å². The van der Waals surface area contributed by atoms with Crippen LogP contribution in [-0.4, -0.2) is 56.9 Å². The van der Waals surface area contributed by atoms with Gasteiger partial charge in [0.05, 0.1) is 26.4 Å². The van der Waals surface area contributed by atoms with Crippen LogP contribution >= 0.6 is 24.0 Å². The molecule has 7 nitrogen and oxygen atoms in total. The van der Waals surface area contributed by atoms with Crippen LogP contribution in [0.5, 0.6) is 0 Å². The number of rotatable bonds is 13. The topological polar surface area (TPSA) is 84.0 Å². The fourth-order valence-corrected chi connectivity index (χ4v) is 2.55. The van der Waals surface area contributed by atoms with Gasteiger partial charge in [0.2, 0.25) is 0 Å². The lowest BCUT2D eigenvalue weighted by atomic mass is 10.1. The van der Waals surface area contributed by atoms with Crippen LogP contribution < -0.4 is 16.0 Å². The first-order valence-electron chi connectivity index (χ1n) is 10.9. The summed E-state index contributed by atoms with van der Waals surface area (Å²) < 4.78 is 11.0. The van der Waals surface area contributed by atoms with Gasteiger partial charge in [-0.25, -0.2) is 4.99 Å². The molecule has 3 N–H and O–H groups in total. The molecule has 0 heterocycles. The molecule has 0 bridgehead atoms. The largest absolute Gasteiger partial charge is 0.379 e. The summed E-state index contributed by atoms with van der Waals surface area (Å²) in [4.78, 5) is 17.0. The molecular weight excluding hydrogens is 507 g/mol. The summed E-state index contributed by atoms with van der Waals surface area (Å²) in [6.07, 6.45) is 2.24. The quantitative estimate of drug-likeness (QED) is 0.152. The van der Waals surface area contributed by atoms with E-state index in [4.69, 9.17) is 9.47 Å². The van der Waals surface area contributed by atoms with E-state index in [-0.39, 0.29) is 35.4 Å². The maximum atomic E-state index is 12.4. The van der Waals surface area contributed by atoms with Crippen molar-refractivity contribution < 1.29 is 14.3 Å². The normalized spacial score (nSPS) is 11.6. The second-order valence-electron chi connectivity index (χ2n) is 8.10. The van der Waals surface area contributed by atoms with Crippen molar-refractivity contribution in [3.05, 3.63) is 35.4 Å². The highest BCUT2D eigenvalue weighted by Gasteiger charge is 2.15. The van der Waals surface area contributed by atoms with E-state index in [1.807, 2.05) is 52.0 Å². The zero-order valence-corrected chi connectivity index (χ0v) is 22.1. The number of carbonyl (C=O) groups excluding carboxylic acids is 1. The number of guanidine groups is 1. The molecule has 1 aromatic rings. The molecule has 0 aromatic heterocycles. The minimum atomic E-state index is -0.267. The van der Waals surface area contributed by atoms with Crippen molar-refractivity contribution >= 4 is 35.8 Å². The number of carbonyl (C=O) groups is 1. The zero-order chi connectivity index (χ0) is 22.2. The number of hydrogen-bond acceptors (Lipinski definition) is 4. The number of hydrogen-bond donors (Lipinski definition) is 3. The highest BCUT2D eigenvalue weighted by Crippen LogP contribution is 2.09. The molecule has 0 radical (unpaired) electrons. The van der Waals surface area contributed by atoms with E-state index in [1.54, 1.807) is 0 Å². The number of nitrogens with zero attached hydrogens (tertiary/aromatic N) is 1. The molecule has 0 spiro atoms. The van der Waals surface area contributed by atoms with Crippen LogP contribution in [0.2, 0.25) is 0 Å². The maximum absolute atomic E-state index is 12.4. The van der Waals surface area contributed by atoms with Crippen LogP contribution in [0.1, 0.15) is 63.4 Å². The Morgan fingerprint density at radius 3 is 2.39 bits per heavy atom. The van der Waals surface area contributed by atoms with Gasteiger partial charge in [-0.3, -0.25) is 4.79 Å². The number of nitrogens with one attached hydrogen (secondary N) is 3. The first-order valence-corrected chi connectivity index (χ1v) is 10.9. The molecule has 1 rings (SSSR count). The molecule has 1 aromatic carbocycles. The average Bonchev–Trinajstić information content (AvgIpc) is 2.69. The molecule has 0 atom stereocenters. The van der Waals surface area contributed by atoms with Gasteiger partial charge in [0.25, 0.3) is 5.91 Å². The summed E-state index contributed by atoms with van der Waals surface area (Å²) in [6, 6.07) is 7.57. The Morgan fingerprint density at radius 2 is 1.74 bits per heavy atom.